The molecule has 0 saturated heterocycles. The molecular weight excluding hydrogens is 314 g/mol. The largest absolute Gasteiger partial charge is 0.492 e. The van der Waals surface area contributed by atoms with Crippen molar-refractivity contribution in [2.75, 3.05) is 25.6 Å². The van der Waals surface area contributed by atoms with Crippen LogP contribution in [0.3, 0.4) is 0 Å². The van der Waals surface area contributed by atoms with E-state index in [1.165, 1.54) is 12.7 Å². The van der Waals surface area contributed by atoms with Crippen LogP contribution < -0.4 is 10.1 Å². The first-order chi connectivity index (χ1) is 11.8. The molecule has 4 nitrogen and oxygen atoms in total. The first-order valence-corrected chi connectivity index (χ1v) is 8.47. The highest BCUT2D eigenvalue weighted by atomic mass is 16.5. The van der Waals surface area contributed by atoms with Crippen molar-refractivity contribution in [3.05, 3.63) is 59.2 Å². The Kier molecular flexibility index (Phi) is 6.07. The third kappa shape index (κ3) is 5.24. The second-order valence-electron chi connectivity index (χ2n) is 7.09. The Morgan fingerprint density at radius 1 is 1.08 bits per heavy atom. The third-order valence-corrected chi connectivity index (χ3v) is 3.99. The summed E-state index contributed by atoms with van der Waals surface area (Å²) in [6.07, 6.45) is 0. The Bertz CT molecular complexity index is 715. The standard InChI is InChI=1S/C21H27NO3/c1-15-6-11-19(18(14-15)20(23)24-5)22-12-13-25-17-9-7-16(8-10-17)21(2,3)4/h6-11,14,22H,12-13H2,1-5H3. The number of benzene rings is 2. The highest BCUT2D eigenvalue weighted by molar-refractivity contribution is 5.95. The van der Waals surface area contributed by atoms with Crippen molar-refractivity contribution in [1.29, 1.82) is 0 Å². The number of hydrogen-bond acceptors (Lipinski definition) is 4. The third-order valence-electron chi connectivity index (χ3n) is 3.99. The van der Waals surface area contributed by atoms with E-state index < -0.39 is 0 Å². The summed E-state index contributed by atoms with van der Waals surface area (Å²) in [5.74, 6) is 0.497. The van der Waals surface area contributed by atoms with E-state index in [9.17, 15) is 4.79 Å². The van der Waals surface area contributed by atoms with Gasteiger partial charge < -0.3 is 14.8 Å². The van der Waals surface area contributed by atoms with Gasteiger partial charge in [-0.25, -0.2) is 4.79 Å². The van der Waals surface area contributed by atoms with Crippen LogP contribution in [0.2, 0.25) is 0 Å². The van der Waals surface area contributed by atoms with Crippen molar-refractivity contribution in [3.8, 4) is 5.75 Å². The van der Waals surface area contributed by atoms with Crippen molar-refractivity contribution < 1.29 is 14.3 Å². The van der Waals surface area contributed by atoms with Crippen molar-refractivity contribution in [2.24, 2.45) is 0 Å². The molecule has 0 aliphatic rings. The molecule has 0 aromatic heterocycles. The SMILES string of the molecule is COC(=O)c1cc(C)ccc1NCCOc1ccc(C(C)(C)C)cc1. The molecule has 0 atom stereocenters. The van der Waals surface area contributed by atoms with Crippen molar-refractivity contribution in [1.82, 2.24) is 0 Å². The van der Waals surface area contributed by atoms with E-state index in [1.807, 2.05) is 37.3 Å². The molecule has 0 radical (unpaired) electrons. The van der Waals surface area contributed by atoms with Gasteiger partial charge in [0, 0.05) is 12.2 Å². The number of carbonyl (C=O) groups is 1. The number of anilines is 1. The predicted octanol–water partition coefficient (Wildman–Crippen LogP) is 4.57. The fourth-order valence-electron chi connectivity index (χ4n) is 2.50. The number of nitrogens with one attached hydrogen (secondary N) is 1. The minimum absolute atomic E-state index is 0.135. The van der Waals surface area contributed by atoms with Crippen molar-refractivity contribution >= 4 is 11.7 Å². The lowest BCUT2D eigenvalue weighted by atomic mass is 9.87. The van der Waals surface area contributed by atoms with Gasteiger partial charge in [0.15, 0.2) is 0 Å². The number of methoxy groups -OCH3 is 1. The molecule has 0 fully saturated rings. The molecule has 2 rings (SSSR count). The van der Waals surface area contributed by atoms with Gasteiger partial charge in [-0.05, 0) is 42.2 Å². The Balaban J connectivity index is 1.90. The summed E-state index contributed by atoms with van der Waals surface area (Å²) in [5, 5.41) is 3.24. The zero-order valence-electron chi connectivity index (χ0n) is 15.7. The van der Waals surface area contributed by atoms with Crippen LogP contribution in [-0.4, -0.2) is 26.2 Å². The van der Waals surface area contributed by atoms with Gasteiger partial charge in [-0.15, -0.1) is 0 Å². The lowest BCUT2D eigenvalue weighted by Gasteiger charge is -2.19. The molecule has 134 valence electrons. The van der Waals surface area contributed by atoms with E-state index in [0.29, 0.717) is 18.7 Å². The Morgan fingerprint density at radius 3 is 2.36 bits per heavy atom. The van der Waals surface area contributed by atoms with Gasteiger partial charge in [0.05, 0.1) is 12.7 Å². The lowest BCUT2D eigenvalue weighted by molar-refractivity contribution is 0.0601. The lowest BCUT2D eigenvalue weighted by Crippen LogP contribution is -2.15. The molecule has 2 aromatic rings. The second-order valence-corrected chi connectivity index (χ2v) is 7.09. The van der Waals surface area contributed by atoms with Crippen LogP contribution in [0.4, 0.5) is 5.69 Å². The van der Waals surface area contributed by atoms with E-state index >= 15 is 0 Å². The van der Waals surface area contributed by atoms with Crippen LogP contribution >= 0.6 is 0 Å². The molecule has 0 aliphatic carbocycles. The summed E-state index contributed by atoms with van der Waals surface area (Å²) in [6.45, 7) is 9.60. The van der Waals surface area contributed by atoms with Crippen LogP contribution in [-0.2, 0) is 10.2 Å². The fraction of sp³-hybridized carbons (Fsp3) is 0.381. The molecule has 0 aliphatic heterocycles. The zero-order valence-corrected chi connectivity index (χ0v) is 15.7. The maximum Gasteiger partial charge on any atom is 0.339 e. The number of carbonyl (C=O) groups excluding carboxylic acids is 1. The Morgan fingerprint density at radius 2 is 1.76 bits per heavy atom. The molecule has 4 heteroatoms. The van der Waals surface area contributed by atoms with Gasteiger partial charge in [0.1, 0.15) is 12.4 Å². The summed E-state index contributed by atoms with van der Waals surface area (Å²) in [6, 6.07) is 13.8. The predicted molar refractivity (Wildman–Crippen MR) is 102 cm³/mol. The van der Waals surface area contributed by atoms with Crippen LogP contribution in [0.5, 0.6) is 5.75 Å². The maximum atomic E-state index is 11.9. The van der Waals surface area contributed by atoms with E-state index in [2.05, 4.69) is 38.2 Å². The number of aryl methyl sites for hydroxylation is 1. The quantitative estimate of drug-likeness (QED) is 0.617. The molecular formula is C21H27NO3. The maximum absolute atomic E-state index is 11.9. The van der Waals surface area contributed by atoms with E-state index in [4.69, 9.17) is 9.47 Å². The van der Waals surface area contributed by atoms with Crippen molar-refractivity contribution in [3.63, 3.8) is 0 Å². The normalized spacial score (nSPS) is 11.1. The zero-order chi connectivity index (χ0) is 18.4. The molecule has 0 heterocycles. The molecule has 2 aromatic carbocycles. The minimum Gasteiger partial charge on any atom is -0.492 e. The Labute approximate surface area is 150 Å². The second kappa shape index (κ2) is 8.06. The van der Waals surface area contributed by atoms with Gasteiger partial charge >= 0.3 is 5.97 Å². The number of rotatable bonds is 6. The summed E-state index contributed by atoms with van der Waals surface area (Å²) in [7, 11) is 1.39. The average Bonchev–Trinajstić information content (AvgIpc) is 2.58. The molecule has 0 unspecified atom stereocenters. The van der Waals surface area contributed by atoms with Gasteiger partial charge in [-0.3, -0.25) is 0 Å². The molecule has 0 spiro atoms. The number of ether oxygens (including phenoxy) is 2. The average molecular weight is 341 g/mol. The van der Waals surface area contributed by atoms with Crippen LogP contribution in [0.15, 0.2) is 42.5 Å². The van der Waals surface area contributed by atoms with Gasteiger partial charge in [0.25, 0.3) is 0 Å². The molecule has 0 bridgehead atoms. The summed E-state index contributed by atoms with van der Waals surface area (Å²) in [5.41, 5.74) is 3.72. The molecule has 1 N–H and O–H groups in total. The van der Waals surface area contributed by atoms with Gasteiger partial charge in [0.2, 0.25) is 0 Å². The minimum atomic E-state index is -0.343. The number of hydrogen-bond donors (Lipinski definition) is 1. The first-order valence-electron chi connectivity index (χ1n) is 8.47. The van der Waals surface area contributed by atoms with E-state index in [0.717, 1.165) is 17.0 Å². The topological polar surface area (TPSA) is 47.6 Å². The highest BCUT2D eigenvalue weighted by Crippen LogP contribution is 2.24. The van der Waals surface area contributed by atoms with Crippen molar-refractivity contribution in [2.45, 2.75) is 33.1 Å². The van der Waals surface area contributed by atoms with E-state index in [-0.39, 0.29) is 11.4 Å². The smallest absolute Gasteiger partial charge is 0.339 e. The highest BCUT2D eigenvalue weighted by Gasteiger charge is 2.13. The van der Waals surface area contributed by atoms with Crippen LogP contribution in [0.25, 0.3) is 0 Å². The molecule has 25 heavy (non-hydrogen) atoms. The first kappa shape index (κ1) is 18.8. The molecule has 0 amide bonds. The Hall–Kier alpha value is -2.49. The summed E-state index contributed by atoms with van der Waals surface area (Å²) >= 11 is 0. The van der Waals surface area contributed by atoms with Crippen LogP contribution in [0, 0.1) is 6.92 Å². The van der Waals surface area contributed by atoms with Crippen LogP contribution in [0.1, 0.15) is 42.3 Å². The molecule has 0 saturated carbocycles. The summed E-state index contributed by atoms with van der Waals surface area (Å²) < 4.78 is 10.6. The monoisotopic (exact) mass is 341 g/mol. The van der Waals surface area contributed by atoms with E-state index in [1.54, 1.807) is 0 Å². The summed E-state index contributed by atoms with van der Waals surface area (Å²) in [4.78, 5) is 11.9. The van der Waals surface area contributed by atoms with Gasteiger partial charge in [-0.1, -0.05) is 44.5 Å². The fourth-order valence-corrected chi connectivity index (χ4v) is 2.50. The number of esters is 1. The van der Waals surface area contributed by atoms with Gasteiger partial charge in [-0.2, -0.15) is 0 Å².